The van der Waals surface area contributed by atoms with Crippen LogP contribution in [-0.2, 0) is 9.59 Å². The second kappa shape index (κ2) is 9.30. The van der Waals surface area contributed by atoms with Gasteiger partial charge in [-0.3, -0.25) is 4.79 Å². The fourth-order valence-electron chi connectivity index (χ4n) is 1.32. The largest absolute Gasteiger partial charge is 0.480 e. The molecule has 0 aromatic heterocycles. The van der Waals surface area contributed by atoms with Gasteiger partial charge in [-0.15, -0.1) is 0 Å². The van der Waals surface area contributed by atoms with Crippen LogP contribution in [0.15, 0.2) is 0 Å². The Balaban J connectivity index is 4.15. The van der Waals surface area contributed by atoms with Crippen molar-refractivity contribution in [2.24, 2.45) is 5.73 Å². The summed E-state index contributed by atoms with van der Waals surface area (Å²) in [4.78, 5) is 22.5. The number of amides is 1. The molecule has 0 radical (unpaired) electrons. The first-order valence-corrected chi connectivity index (χ1v) is 7.20. The fraction of sp³-hybridized carbons (Fsp3) is 0.818. The number of rotatable bonds is 9. The number of carbonyl (C=O) groups excluding carboxylic acids is 1. The number of nitrogens with two attached hydrogens (primary N) is 1. The van der Waals surface area contributed by atoms with Gasteiger partial charge in [0.15, 0.2) is 0 Å². The van der Waals surface area contributed by atoms with Gasteiger partial charge in [0.1, 0.15) is 6.04 Å². The molecule has 1 unspecified atom stereocenters. The maximum atomic E-state index is 11.6. The zero-order valence-corrected chi connectivity index (χ0v) is 11.3. The molecule has 6 heteroatoms. The van der Waals surface area contributed by atoms with E-state index < -0.39 is 18.1 Å². The number of carbonyl (C=O) groups is 2. The summed E-state index contributed by atoms with van der Waals surface area (Å²) in [5.41, 5.74) is 5.66. The van der Waals surface area contributed by atoms with E-state index >= 15 is 0 Å². The Kier molecular flexibility index (Phi) is 8.89. The van der Waals surface area contributed by atoms with Crippen LogP contribution >= 0.6 is 11.8 Å². The Morgan fingerprint density at radius 2 is 2.06 bits per heavy atom. The molecule has 0 bridgehead atoms. The molecule has 5 nitrogen and oxygen atoms in total. The number of hydrogen-bond acceptors (Lipinski definition) is 4. The van der Waals surface area contributed by atoms with Crippen LogP contribution in [0.4, 0.5) is 0 Å². The first-order chi connectivity index (χ1) is 8.02. The SMILES string of the molecule is CCCCC(NC(=O)[C@@H](N)CCSC)C(=O)O. The quantitative estimate of drug-likeness (QED) is 0.572. The Bertz CT molecular complexity index is 249. The first-order valence-electron chi connectivity index (χ1n) is 5.80. The molecule has 0 spiro atoms. The maximum absolute atomic E-state index is 11.6. The summed E-state index contributed by atoms with van der Waals surface area (Å²) in [6.45, 7) is 1.98. The van der Waals surface area contributed by atoms with Crippen molar-refractivity contribution in [2.45, 2.75) is 44.7 Å². The minimum Gasteiger partial charge on any atom is -0.480 e. The van der Waals surface area contributed by atoms with Gasteiger partial charge in [0.2, 0.25) is 5.91 Å². The van der Waals surface area contributed by atoms with Crippen molar-refractivity contribution in [3.63, 3.8) is 0 Å². The van der Waals surface area contributed by atoms with Crippen molar-refractivity contribution >= 4 is 23.6 Å². The van der Waals surface area contributed by atoms with E-state index in [-0.39, 0.29) is 5.91 Å². The number of hydrogen-bond donors (Lipinski definition) is 3. The highest BCUT2D eigenvalue weighted by molar-refractivity contribution is 7.98. The molecule has 1 amide bonds. The van der Waals surface area contributed by atoms with E-state index in [0.717, 1.165) is 18.6 Å². The van der Waals surface area contributed by atoms with Gasteiger partial charge in [-0.2, -0.15) is 11.8 Å². The normalized spacial score (nSPS) is 14.1. The first kappa shape index (κ1) is 16.2. The van der Waals surface area contributed by atoms with Gasteiger partial charge in [0.25, 0.3) is 0 Å². The van der Waals surface area contributed by atoms with E-state index in [4.69, 9.17) is 10.8 Å². The molecule has 0 saturated heterocycles. The second-order valence-electron chi connectivity index (χ2n) is 3.93. The number of thioether (sulfide) groups is 1. The number of unbranched alkanes of at least 4 members (excludes halogenated alkanes) is 1. The van der Waals surface area contributed by atoms with Crippen LogP contribution in [0.5, 0.6) is 0 Å². The third-order valence-electron chi connectivity index (χ3n) is 2.43. The van der Waals surface area contributed by atoms with E-state index in [1.807, 2.05) is 13.2 Å². The Morgan fingerprint density at radius 3 is 2.53 bits per heavy atom. The minimum atomic E-state index is -0.996. The lowest BCUT2D eigenvalue weighted by atomic mass is 10.1. The van der Waals surface area contributed by atoms with E-state index in [9.17, 15) is 9.59 Å². The standard InChI is InChI=1S/C11H22N2O3S/c1-3-4-5-9(11(15)16)13-10(14)8(12)6-7-17-2/h8-9H,3-7,12H2,1-2H3,(H,13,14)(H,15,16)/t8-,9?/m0/s1. The number of aliphatic carboxylic acids is 1. The van der Waals surface area contributed by atoms with Gasteiger partial charge in [0, 0.05) is 0 Å². The molecule has 0 fully saturated rings. The number of carboxylic acid groups (broad SMARTS) is 1. The molecule has 0 heterocycles. The minimum absolute atomic E-state index is 0.373. The molecule has 0 aromatic carbocycles. The lowest BCUT2D eigenvalue weighted by molar-refractivity contribution is -0.142. The number of nitrogens with one attached hydrogen (secondary N) is 1. The summed E-state index contributed by atoms with van der Waals surface area (Å²) >= 11 is 1.61. The van der Waals surface area contributed by atoms with Gasteiger partial charge in [-0.25, -0.2) is 4.79 Å². The average molecular weight is 262 g/mol. The molecule has 0 saturated carbocycles. The highest BCUT2D eigenvalue weighted by Crippen LogP contribution is 2.03. The summed E-state index contributed by atoms with van der Waals surface area (Å²) in [7, 11) is 0. The molecule has 0 aromatic rings. The van der Waals surface area contributed by atoms with Gasteiger partial charge in [0.05, 0.1) is 6.04 Å². The van der Waals surface area contributed by atoms with Gasteiger partial charge < -0.3 is 16.2 Å². The zero-order chi connectivity index (χ0) is 13.3. The predicted molar refractivity (Wildman–Crippen MR) is 70.1 cm³/mol. The molecule has 0 rings (SSSR count). The topological polar surface area (TPSA) is 92.4 Å². The molecule has 100 valence electrons. The van der Waals surface area contributed by atoms with E-state index in [0.29, 0.717) is 12.8 Å². The molecule has 17 heavy (non-hydrogen) atoms. The van der Waals surface area contributed by atoms with Crippen molar-refractivity contribution < 1.29 is 14.7 Å². The van der Waals surface area contributed by atoms with Crippen LogP contribution in [-0.4, -0.2) is 41.1 Å². The second-order valence-corrected chi connectivity index (χ2v) is 4.92. The van der Waals surface area contributed by atoms with Crippen LogP contribution in [0.25, 0.3) is 0 Å². The summed E-state index contributed by atoms with van der Waals surface area (Å²) in [5, 5.41) is 11.4. The van der Waals surface area contributed by atoms with Crippen LogP contribution in [0, 0.1) is 0 Å². The van der Waals surface area contributed by atoms with Crippen molar-refractivity contribution in [2.75, 3.05) is 12.0 Å². The monoisotopic (exact) mass is 262 g/mol. The maximum Gasteiger partial charge on any atom is 0.326 e. The van der Waals surface area contributed by atoms with Gasteiger partial charge in [-0.05, 0) is 24.9 Å². The highest BCUT2D eigenvalue weighted by atomic mass is 32.2. The third-order valence-corrected chi connectivity index (χ3v) is 3.07. The van der Waals surface area contributed by atoms with Crippen molar-refractivity contribution in [3.05, 3.63) is 0 Å². The van der Waals surface area contributed by atoms with E-state index in [1.54, 1.807) is 11.8 Å². The lowest BCUT2D eigenvalue weighted by Gasteiger charge is -2.17. The predicted octanol–water partition coefficient (Wildman–Crippen LogP) is 0.826. The van der Waals surface area contributed by atoms with Crippen LogP contribution < -0.4 is 11.1 Å². The summed E-state index contributed by atoms with van der Waals surface area (Å²) in [5.74, 6) is -0.576. The third kappa shape index (κ3) is 7.23. The molecule has 0 aliphatic rings. The fourth-order valence-corrected chi connectivity index (χ4v) is 1.81. The van der Waals surface area contributed by atoms with Crippen molar-refractivity contribution in [3.8, 4) is 0 Å². The van der Waals surface area contributed by atoms with E-state index in [1.165, 1.54) is 0 Å². The van der Waals surface area contributed by atoms with Crippen LogP contribution in [0.3, 0.4) is 0 Å². The highest BCUT2D eigenvalue weighted by Gasteiger charge is 2.22. The molecule has 2 atom stereocenters. The number of carboxylic acids is 1. The molecule has 0 aliphatic heterocycles. The molecular weight excluding hydrogens is 240 g/mol. The summed E-state index contributed by atoms with van der Waals surface area (Å²) < 4.78 is 0. The lowest BCUT2D eigenvalue weighted by Crippen LogP contribution is -2.48. The molecule has 4 N–H and O–H groups in total. The Hall–Kier alpha value is -0.750. The van der Waals surface area contributed by atoms with E-state index in [2.05, 4.69) is 5.32 Å². The Labute approximate surface area is 107 Å². The van der Waals surface area contributed by atoms with Gasteiger partial charge >= 0.3 is 5.97 Å². The Morgan fingerprint density at radius 1 is 1.41 bits per heavy atom. The summed E-state index contributed by atoms with van der Waals surface area (Å²) in [6, 6.07) is -1.44. The molecule has 0 aliphatic carbocycles. The van der Waals surface area contributed by atoms with Crippen molar-refractivity contribution in [1.29, 1.82) is 0 Å². The molecular formula is C11H22N2O3S. The van der Waals surface area contributed by atoms with Crippen LogP contribution in [0.1, 0.15) is 32.6 Å². The summed E-state index contributed by atoms with van der Waals surface area (Å²) in [6.07, 6.45) is 4.63. The zero-order valence-electron chi connectivity index (χ0n) is 10.4. The average Bonchev–Trinajstić information content (AvgIpc) is 2.30. The van der Waals surface area contributed by atoms with Crippen molar-refractivity contribution in [1.82, 2.24) is 5.32 Å². The van der Waals surface area contributed by atoms with Gasteiger partial charge in [-0.1, -0.05) is 19.8 Å². The van der Waals surface area contributed by atoms with Crippen LogP contribution in [0.2, 0.25) is 0 Å². The smallest absolute Gasteiger partial charge is 0.326 e.